The molecule has 2 rings (SSSR count). The summed E-state index contributed by atoms with van der Waals surface area (Å²) in [4.78, 5) is 24.6. The summed E-state index contributed by atoms with van der Waals surface area (Å²) in [5.74, 6) is -1.44. The molecule has 1 aliphatic carbocycles. The summed E-state index contributed by atoms with van der Waals surface area (Å²) in [6.07, 6.45) is 1.74. The van der Waals surface area contributed by atoms with Gasteiger partial charge < -0.3 is 10.4 Å². The van der Waals surface area contributed by atoms with Crippen LogP contribution in [0.15, 0.2) is 0 Å². The molecular weight excluding hydrogens is 238 g/mol. The molecule has 0 bridgehead atoms. The number of hydrogen-bond acceptors (Lipinski definition) is 5. The van der Waals surface area contributed by atoms with Crippen LogP contribution in [0.4, 0.5) is 0 Å². The number of carbonyl (C=O) groups excluding carboxylic acids is 1. The molecule has 0 radical (unpaired) electrons. The lowest BCUT2D eigenvalue weighted by Crippen LogP contribution is -2.47. The molecule has 8 nitrogen and oxygen atoms in total. The molecule has 98 valence electrons. The number of amides is 1. The molecule has 1 atom stereocenters. The zero-order valence-electron chi connectivity index (χ0n) is 10.3. The molecule has 1 saturated carbocycles. The fourth-order valence-corrected chi connectivity index (χ4v) is 1.54. The van der Waals surface area contributed by atoms with E-state index in [2.05, 4.69) is 20.7 Å². The van der Waals surface area contributed by atoms with E-state index in [1.807, 2.05) is 0 Å². The number of carboxylic acids is 1. The van der Waals surface area contributed by atoms with E-state index in [1.54, 1.807) is 7.05 Å². The first kappa shape index (κ1) is 12.5. The number of hydrogen-bond donors (Lipinski definition) is 2. The predicted octanol–water partition coefficient (Wildman–Crippen LogP) is -0.878. The molecule has 0 saturated heterocycles. The zero-order chi connectivity index (χ0) is 13.3. The zero-order valence-corrected chi connectivity index (χ0v) is 10.3. The Bertz CT molecular complexity index is 482. The van der Waals surface area contributed by atoms with Crippen molar-refractivity contribution in [2.45, 2.75) is 32.2 Å². The largest absolute Gasteiger partial charge is 0.480 e. The van der Waals surface area contributed by atoms with Crippen LogP contribution in [0, 0.1) is 5.41 Å². The van der Waals surface area contributed by atoms with Gasteiger partial charge in [-0.25, -0.2) is 0 Å². The van der Waals surface area contributed by atoms with Crippen LogP contribution in [-0.2, 0) is 23.1 Å². The smallest absolute Gasteiger partial charge is 0.319 e. The number of aryl methyl sites for hydroxylation is 1. The highest BCUT2D eigenvalue weighted by Gasteiger charge is 2.44. The number of nitrogens with zero attached hydrogens (tertiary/aromatic N) is 4. The molecule has 0 aromatic carbocycles. The first-order valence-electron chi connectivity index (χ1n) is 5.69. The molecule has 1 aromatic rings. The fraction of sp³-hybridized carbons (Fsp3) is 0.700. The molecule has 2 N–H and O–H groups in total. The van der Waals surface area contributed by atoms with E-state index in [1.165, 1.54) is 11.7 Å². The number of tetrazole rings is 1. The summed E-state index contributed by atoms with van der Waals surface area (Å²) in [5.41, 5.74) is -1.56. The van der Waals surface area contributed by atoms with E-state index in [0.717, 1.165) is 12.8 Å². The van der Waals surface area contributed by atoms with E-state index < -0.39 is 17.3 Å². The first-order chi connectivity index (χ1) is 8.41. The van der Waals surface area contributed by atoms with Crippen molar-refractivity contribution in [2.24, 2.45) is 12.5 Å². The van der Waals surface area contributed by atoms with Gasteiger partial charge in [0.15, 0.2) is 11.2 Å². The third kappa shape index (κ3) is 2.47. The van der Waals surface area contributed by atoms with Crippen molar-refractivity contribution in [1.82, 2.24) is 25.5 Å². The second-order valence-electron chi connectivity index (χ2n) is 4.76. The Morgan fingerprint density at radius 3 is 2.67 bits per heavy atom. The molecule has 1 fully saturated rings. The maximum absolute atomic E-state index is 12.0. The molecule has 18 heavy (non-hydrogen) atoms. The molecule has 1 aliphatic rings. The maximum atomic E-state index is 12.0. The van der Waals surface area contributed by atoms with Crippen LogP contribution >= 0.6 is 0 Å². The Kier molecular flexibility index (Phi) is 3.02. The van der Waals surface area contributed by atoms with E-state index in [0.29, 0.717) is 0 Å². The number of carbonyl (C=O) groups is 2. The van der Waals surface area contributed by atoms with Gasteiger partial charge in [0.25, 0.3) is 0 Å². The Labute approximate surface area is 103 Å². The van der Waals surface area contributed by atoms with Gasteiger partial charge in [0.2, 0.25) is 5.91 Å². The van der Waals surface area contributed by atoms with Crippen LogP contribution in [0.2, 0.25) is 0 Å². The highest BCUT2D eigenvalue weighted by molar-refractivity contribution is 6.01. The van der Waals surface area contributed by atoms with Crippen LogP contribution in [-0.4, -0.2) is 43.2 Å². The molecule has 1 aromatic heterocycles. The van der Waals surface area contributed by atoms with E-state index in [-0.39, 0.29) is 18.3 Å². The van der Waals surface area contributed by atoms with Crippen LogP contribution in [0.3, 0.4) is 0 Å². The molecule has 1 amide bonds. The Morgan fingerprint density at radius 1 is 1.56 bits per heavy atom. The van der Waals surface area contributed by atoms with Crippen LogP contribution < -0.4 is 5.32 Å². The van der Waals surface area contributed by atoms with Crippen LogP contribution in [0.5, 0.6) is 0 Å². The van der Waals surface area contributed by atoms with Crippen molar-refractivity contribution in [3.8, 4) is 0 Å². The van der Waals surface area contributed by atoms with Gasteiger partial charge in [0.1, 0.15) is 0 Å². The minimum absolute atomic E-state index is 0.0747. The minimum Gasteiger partial charge on any atom is -0.480 e. The van der Waals surface area contributed by atoms with Crippen molar-refractivity contribution in [3.05, 3.63) is 5.82 Å². The number of nitrogens with one attached hydrogen (secondary N) is 1. The summed E-state index contributed by atoms with van der Waals surface area (Å²) in [6, 6.07) is 0.117. The topological polar surface area (TPSA) is 110 Å². The summed E-state index contributed by atoms with van der Waals surface area (Å²) < 4.78 is 0. The maximum Gasteiger partial charge on any atom is 0.319 e. The average Bonchev–Trinajstić information content (AvgIpc) is 3.01. The lowest BCUT2D eigenvalue weighted by molar-refractivity contribution is -0.154. The van der Waals surface area contributed by atoms with Gasteiger partial charge in [-0.2, -0.15) is 4.80 Å². The van der Waals surface area contributed by atoms with Crippen LogP contribution in [0.1, 0.15) is 25.6 Å². The highest BCUT2D eigenvalue weighted by atomic mass is 16.4. The van der Waals surface area contributed by atoms with Crippen LogP contribution in [0.25, 0.3) is 0 Å². The number of aromatic nitrogens is 4. The molecule has 1 unspecified atom stereocenters. The highest BCUT2D eigenvalue weighted by Crippen LogP contribution is 2.25. The van der Waals surface area contributed by atoms with Crippen molar-refractivity contribution >= 4 is 11.9 Å². The van der Waals surface area contributed by atoms with Crippen molar-refractivity contribution < 1.29 is 14.7 Å². The Balaban J connectivity index is 2.14. The molecular formula is C10H15N5O3. The second kappa shape index (κ2) is 4.35. The molecule has 0 spiro atoms. The van der Waals surface area contributed by atoms with E-state index >= 15 is 0 Å². The van der Waals surface area contributed by atoms with Gasteiger partial charge in [-0.3, -0.25) is 9.59 Å². The minimum atomic E-state index is -1.56. The summed E-state index contributed by atoms with van der Waals surface area (Å²) in [5, 5.41) is 23.2. The molecule has 1 heterocycles. The van der Waals surface area contributed by atoms with Gasteiger partial charge >= 0.3 is 5.97 Å². The van der Waals surface area contributed by atoms with Gasteiger partial charge in [-0.15, -0.1) is 10.2 Å². The molecule has 0 aliphatic heterocycles. The van der Waals surface area contributed by atoms with Crippen molar-refractivity contribution in [2.75, 3.05) is 0 Å². The lowest BCUT2D eigenvalue weighted by atomic mass is 9.85. The summed E-state index contributed by atoms with van der Waals surface area (Å²) >= 11 is 0. The second-order valence-corrected chi connectivity index (χ2v) is 4.76. The SMILES string of the molecule is Cn1nnc(CC(C)(C(=O)O)C(=O)NC2CC2)n1. The number of rotatable bonds is 5. The predicted molar refractivity (Wildman–Crippen MR) is 59.4 cm³/mol. The Hall–Kier alpha value is -1.99. The quantitative estimate of drug-likeness (QED) is 0.659. The normalized spacial score (nSPS) is 18.1. The standard InChI is InChI=1S/C10H15N5O3/c1-10(9(17)18,8(16)11-6-3-4-6)5-7-12-14-15(2)13-7/h6H,3-5H2,1-2H3,(H,11,16)(H,17,18). The molecule has 8 heteroatoms. The summed E-state index contributed by atoms with van der Waals surface area (Å²) in [6.45, 7) is 1.38. The third-order valence-electron chi connectivity index (χ3n) is 2.95. The number of aliphatic carboxylic acids is 1. The van der Waals surface area contributed by atoms with Crippen molar-refractivity contribution in [3.63, 3.8) is 0 Å². The van der Waals surface area contributed by atoms with E-state index in [9.17, 15) is 14.7 Å². The van der Waals surface area contributed by atoms with Crippen molar-refractivity contribution in [1.29, 1.82) is 0 Å². The summed E-state index contributed by atoms with van der Waals surface area (Å²) in [7, 11) is 1.58. The van der Waals surface area contributed by atoms with Gasteiger partial charge in [0, 0.05) is 12.5 Å². The van der Waals surface area contributed by atoms with E-state index in [4.69, 9.17) is 0 Å². The van der Waals surface area contributed by atoms with Gasteiger partial charge in [0.05, 0.1) is 7.05 Å². The number of carboxylic acid groups (broad SMARTS) is 1. The monoisotopic (exact) mass is 253 g/mol. The fourth-order valence-electron chi connectivity index (χ4n) is 1.54. The Morgan fingerprint density at radius 2 is 2.22 bits per heavy atom. The first-order valence-corrected chi connectivity index (χ1v) is 5.69. The average molecular weight is 253 g/mol. The lowest BCUT2D eigenvalue weighted by Gasteiger charge is -2.22. The third-order valence-corrected chi connectivity index (χ3v) is 2.95. The van der Waals surface area contributed by atoms with Gasteiger partial charge in [-0.1, -0.05) is 0 Å². The van der Waals surface area contributed by atoms with Gasteiger partial charge in [-0.05, 0) is 25.0 Å².